The minimum Gasteiger partial charge on any atom is -0.392 e. The molecule has 0 radical (unpaired) electrons. The number of pyridine rings is 1. The highest BCUT2D eigenvalue weighted by Gasteiger charge is 2.48. The number of nitrogens with one attached hydrogen (secondary N) is 2. The molecular formula is C18H19F6N5O. The number of alkyl halides is 6. The second kappa shape index (κ2) is 7.56. The highest BCUT2D eigenvalue weighted by Crippen LogP contribution is 2.43. The van der Waals surface area contributed by atoms with Crippen LogP contribution in [0.3, 0.4) is 0 Å². The van der Waals surface area contributed by atoms with E-state index in [0.717, 1.165) is 18.5 Å². The van der Waals surface area contributed by atoms with Crippen LogP contribution in [0.25, 0.3) is 0 Å². The monoisotopic (exact) mass is 435 g/mol. The normalized spacial score (nSPS) is 21.1. The second-order valence-electron chi connectivity index (χ2n) is 7.61. The standard InChI is InChI=1S/C18H19F6N5O/c1-16(2)12(5-13(16)30)28-14-11(18(22,23)24)8-27-15(29-14)26-7-9-6-25-4-3-10(9)17(19,20)21/h3-4,6,8,12-13,30H,5,7H2,1-2H3,(H2,26,27,28,29)/t12-,13-/m0/s1. The Balaban J connectivity index is 1.84. The van der Waals surface area contributed by atoms with Crippen molar-refractivity contribution in [2.24, 2.45) is 5.41 Å². The molecule has 1 aliphatic carbocycles. The third-order valence-corrected chi connectivity index (χ3v) is 5.27. The lowest BCUT2D eigenvalue weighted by Crippen LogP contribution is -2.57. The molecule has 2 aromatic rings. The van der Waals surface area contributed by atoms with Gasteiger partial charge in [0.25, 0.3) is 0 Å². The maximum absolute atomic E-state index is 13.3. The number of hydrogen-bond donors (Lipinski definition) is 3. The molecule has 3 N–H and O–H groups in total. The molecule has 164 valence electrons. The van der Waals surface area contributed by atoms with Gasteiger partial charge >= 0.3 is 12.4 Å². The Morgan fingerprint density at radius 1 is 1.10 bits per heavy atom. The van der Waals surface area contributed by atoms with Crippen LogP contribution >= 0.6 is 0 Å². The van der Waals surface area contributed by atoms with Crippen LogP contribution < -0.4 is 10.6 Å². The van der Waals surface area contributed by atoms with Crippen molar-refractivity contribution in [2.75, 3.05) is 10.6 Å². The van der Waals surface area contributed by atoms with Gasteiger partial charge in [0, 0.05) is 42.2 Å². The zero-order valence-corrected chi connectivity index (χ0v) is 15.9. The third kappa shape index (κ3) is 4.42. The molecule has 2 heterocycles. The fourth-order valence-corrected chi connectivity index (χ4v) is 3.12. The Morgan fingerprint density at radius 2 is 1.77 bits per heavy atom. The first kappa shape index (κ1) is 22.1. The van der Waals surface area contributed by atoms with Crippen LogP contribution in [0.5, 0.6) is 0 Å². The van der Waals surface area contributed by atoms with Gasteiger partial charge in [-0.3, -0.25) is 4.98 Å². The minimum absolute atomic E-state index is 0.203. The van der Waals surface area contributed by atoms with Crippen LogP contribution in [0.2, 0.25) is 0 Å². The Morgan fingerprint density at radius 3 is 2.33 bits per heavy atom. The van der Waals surface area contributed by atoms with Gasteiger partial charge in [0.1, 0.15) is 11.4 Å². The van der Waals surface area contributed by atoms with Crippen LogP contribution in [0.1, 0.15) is 37.0 Å². The van der Waals surface area contributed by atoms with Gasteiger partial charge < -0.3 is 15.7 Å². The van der Waals surface area contributed by atoms with Crippen molar-refractivity contribution in [3.8, 4) is 0 Å². The number of nitrogens with zero attached hydrogens (tertiary/aromatic N) is 3. The molecule has 0 aliphatic heterocycles. The fraction of sp³-hybridized carbons (Fsp3) is 0.500. The van der Waals surface area contributed by atoms with Gasteiger partial charge in [0.05, 0.1) is 11.7 Å². The van der Waals surface area contributed by atoms with Crippen molar-refractivity contribution in [2.45, 2.75) is 51.3 Å². The number of anilines is 2. The molecule has 1 saturated carbocycles. The van der Waals surface area contributed by atoms with Crippen molar-refractivity contribution in [3.05, 3.63) is 41.3 Å². The van der Waals surface area contributed by atoms with E-state index in [4.69, 9.17) is 0 Å². The summed E-state index contributed by atoms with van der Waals surface area (Å²) in [5.74, 6) is -0.785. The maximum atomic E-state index is 13.3. The number of hydrogen-bond acceptors (Lipinski definition) is 6. The van der Waals surface area contributed by atoms with E-state index in [1.165, 1.54) is 0 Å². The van der Waals surface area contributed by atoms with Gasteiger partial charge in [-0.05, 0) is 12.5 Å². The van der Waals surface area contributed by atoms with Gasteiger partial charge in [-0.15, -0.1) is 0 Å². The number of rotatable bonds is 5. The summed E-state index contributed by atoms with van der Waals surface area (Å²) in [6.45, 7) is 3.02. The highest BCUT2D eigenvalue weighted by molar-refractivity contribution is 5.50. The molecule has 6 nitrogen and oxygen atoms in total. The predicted molar refractivity (Wildman–Crippen MR) is 95.4 cm³/mol. The summed E-state index contributed by atoms with van der Waals surface area (Å²) < 4.78 is 79.2. The lowest BCUT2D eigenvalue weighted by atomic mass is 9.64. The van der Waals surface area contributed by atoms with E-state index in [2.05, 4.69) is 25.6 Å². The summed E-state index contributed by atoms with van der Waals surface area (Å²) in [4.78, 5) is 11.1. The molecule has 0 spiro atoms. The second-order valence-corrected chi connectivity index (χ2v) is 7.61. The van der Waals surface area contributed by atoms with Crippen LogP contribution in [0, 0.1) is 5.41 Å². The van der Waals surface area contributed by atoms with Gasteiger partial charge in [0.15, 0.2) is 0 Å². The molecule has 2 aromatic heterocycles. The Hall–Kier alpha value is -2.63. The maximum Gasteiger partial charge on any atom is 0.421 e. The van der Waals surface area contributed by atoms with Gasteiger partial charge in [0.2, 0.25) is 5.95 Å². The summed E-state index contributed by atoms with van der Waals surface area (Å²) >= 11 is 0. The molecule has 0 amide bonds. The van der Waals surface area contributed by atoms with Gasteiger partial charge in [-0.2, -0.15) is 31.3 Å². The van der Waals surface area contributed by atoms with Crippen LogP contribution in [-0.2, 0) is 18.9 Å². The number of aromatic nitrogens is 3. The molecule has 3 rings (SSSR count). The lowest BCUT2D eigenvalue weighted by molar-refractivity contribution is -0.138. The van der Waals surface area contributed by atoms with E-state index in [1.54, 1.807) is 13.8 Å². The average Bonchev–Trinajstić information content (AvgIpc) is 2.65. The number of aliphatic hydroxyl groups is 1. The number of halogens is 6. The molecule has 0 aromatic carbocycles. The summed E-state index contributed by atoms with van der Waals surface area (Å²) in [6, 6.07) is 0.341. The number of aliphatic hydroxyl groups excluding tert-OH is 1. The van der Waals surface area contributed by atoms with E-state index in [1.807, 2.05) is 0 Å². The summed E-state index contributed by atoms with van der Waals surface area (Å²) in [5.41, 5.74) is -2.90. The van der Waals surface area contributed by atoms with Crippen molar-refractivity contribution in [1.29, 1.82) is 0 Å². The first-order valence-corrected chi connectivity index (χ1v) is 8.93. The summed E-state index contributed by atoms with van der Waals surface area (Å²) in [5, 5.41) is 15.0. The van der Waals surface area contributed by atoms with E-state index in [0.29, 0.717) is 6.20 Å². The minimum atomic E-state index is -4.74. The molecule has 30 heavy (non-hydrogen) atoms. The zero-order chi connectivity index (χ0) is 22.3. The van der Waals surface area contributed by atoms with E-state index >= 15 is 0 Å². The van der Waals surface area contributed by atoms with E-state index in [-0.39, 0.29) is 24.5 Å². The van der Waals surface area contributed by atoms with E-state index in [9.17, 15) is 31.4 Å². The summed E-state index contributed by atoms with van der Waals surface area (Å²) in [7, 11) is 0. The lowest BCUT2D eigenvalue weighted by Gasteiger charge is -2.49. The molecular weight excluding hydrogens is 416 g/mol. The quantitative estimate of drug-likeness (QED) is 0.614. The Kier molecular flexibility index (Phi) is 5.56. The predicted octanol–water partition coefficient (Wildman–Crippen LogP) is 4.09. The third-order valence-electron chi connectivity index (χ3n) is 5.27. The van der Waals surface area contributed by atoms with Gasteiger partial charge in [-0.1, -0.05) is 13.8 Å². The van der Waals surface area contributed by atoms with Crippen molar-refractivity contribution < 1.29 is 31.4 Å². The van der Waals surface area contributed by atoms with Crippen molar-refractivity contribution >= 4 is 11.8 Å². The molecule has 1 aliphatic rings. The highest BCUT2D eigenvalue weighted by atomic mass is 19.4. The first-order chi connectivity index (χ1) is 13.8. The zero-order valence-electron chi connectivity index (χ0n) is 15.9. The smallest absolute Gasteiger partial charge is 0.392 e. The largest absolute Gasteiger partial charge is 0.421 e. The molecule has 1 fully saturated rings. The van der Waals surface area contributed by atoms with Crippen molar-refractivity contribution in [3.63, 3.8) is 0 Å². The molecule has 0 unspecified atom stereocenters. The van der Waals surface area contributed by atoms with Crippen molar-refractivity contribution in [1.82, 2.24) is 15.0 Å². The molecule has 12 heteroatoms. The van der Waals surface area contributed by atoms with Gasteiger partial charge in [-0.25, -0.2) is 4.98 Å². The SMILES string of the molecule is CC1(C)[C@@H](Nc2nc(NCc3cnccc3C(F)(F)F)ncc2C(F)(F)F)C[C@@H]1O. The Bertz CT molecular complexity index is 915. The molecule has 0 bridgehead atoms. The van der Waals surface area contributed by atoms with Crippen LogP contribution in [0.4, 0.5) is 38.1 Å². The first-order valence-electron chi connectivity index (χ1n) is 8.93. The topological polar surface area (TPSA) is 83.0 Å². The molecule has 2 atom stereocenters. The fourth-order valence-electron chi connectivity index (χ4n) is 3.12. The summed E-state index contributed by atoms with van der Waals surface area (Å²) in [6.07, 6.45) is -7.20. The Labute approximate surface area is 167 Å². The average molecular weight is 435 g/mol. The molecule has 0 saturated heterocycles. The van der Waals surface area contributed by atoms with Crippen LogP contribution in [-0.4, -0.2) is 32.2 Å². The van der Waals surface area contributed by atoms with E-state index < -0.39 is 46.9 Å². The van der Waals surface area contributed by atoms with Crippen LogP contribution in [0.15, 0.2) is 24.7 Å².